The molecule has 0 aromatic heterocycles. The van der Waals surface area contributed by atoms with Crippen LogP contribution in [-0.4, -0.2) is 37.2 Å². The molecule has 0 aliphatic heterocycles. The maximum Gasteiger partial charge on any atom is 0.306 e. The Morgan fingerprint density at radius 3 is 1.27 bits per heavy atom. The second kappa shape index (κ2) is 37.2. The van der Waals surface area contributed by atoms with Crippen LogP contribution in [0.25, 0.3) is 0 Å². The van der Waals surface area contributed by atoms with Crippen molar-refractivity contribution in [1.29, 1.82) is 0 Å². The highest BCUT2D eigenvalue weighted by Crippen LogP contribution is 2.12. The highest BCUT2D eigenvalue weighted by Gasteiger charge is 2.19. The minimum Gasteiger partial charge on any atom is -0.462 e. The van der Waals surface area contributed by atoms with Crippen LogP contribution >= 0.6 is 0 Å². The van der Waals surface area contributed by atoms with Crippen molar-refractivity contribution in [3.8, 4) is 0 Å². The van der Waals surface area contributed by atoms with Crippen molar-refractivity contribution < 1.29 is 28.6 Å². The molecule has 0 radical (unpaired) electrons. The predicted molar refractivity (Wildman–Crippen MR) is 201 cm³/mol. The molecule has 0 saturated carbocycles. The molecular weight excluding hydrogens is 600 g/mol. The zero-order valence-corrected chi connectivity index (χ0v) is 31.2. The van der Waals surface area contributed by atoms with Crippen molar-refractivity contribution in [3.05, 3.63) is 48.6 Å². The first-order valence-electron chi connectivity index (χ1n) is 19.6. The fourth-order valence-electron chi connectivity index (χ4n) is 5.14. The summed E-state index contributed by atoms with van der Waals surface area (Å²) in [6.45, 7) is 6.38. The van der Waals surface area contributed by atoms with Crippen LogP contribution in [-0.2, 0) is 28.6 Å². The maximum atomic E-state index is 12.5. The summed E-state index contributed by atoms with van der Waals surface area (Å²) in [5.74, 6) is -0.948. The molecule has 0 saturated heterocycles. The first kappa shape index (κ1) is 45.4. The van der Waals surface area contributed by atoms with Crippen LogP contribution in [0.4, 0.5) is 0 Å². The summed E-state index contributed by atoms with van der Waals surface area (Å²) in [5, 5.41) is 0. The maximum absolute atomic E-state index is 12.5. The molecule has 6 nitrogen and oxygen atoms in total. The number of carbonyl (C=O) groups is 3. The fraction of sp³-hybridized carbons (Fsp3) is 0.738. The van der Waals surface area contributed by atoms with E-state index in [0.29, 0.717) is 19.3 Å². The molecular formula is C42H72O6. The third-order valence-electron chi connectivity index (χ3n) is 8.10. The Labute approximate surface area is 295 Å². The van der Waals surface area contributed by atoms with Crippen molar-refractivity contribution in [2.75, 3.05) is 13.2 Å². The van der Waals surface area contributed by atoms with E-state index in [1.54, 1.807) is 0 Å². The van der Waals surface area contributed by atoms with Gasteiger partial charge in [-0.15, -0.1) is 0 Å². The van der Waals surface area contributed by atoms with Crippen molar-refractivity contribution in [3.63, 3.8) is 0 Å². The predicted octanol–water partition coefficient (Wildman–Crippen LogP) is 12.0. The lowest BCUT2D eigenvalue weighted by molar-refractivity contribution is -0.167. The van der Waals surface area contributed by atoms with Crippen LogP contribution in [0.5, 0.6) is 0 Å². The topological polar surface area (TPSA) is 78.9 Å². The van der Waals surface area contributed by atoms with Crippen molar-refractivity contribution in [1.82, 2.24) is 0 Å². The highest BCUT2D eigenvalue weighted by atomic mass is 16.6. The molecule has 0 aliphatic rings. The number of carbonyl (C=O) groups excluding carboxylic acids is 3. The Bertz CT molecular complexity index is 871. The summed E-state index contributed by atoms with van der Waals surface area (Å²) in [6.07, 6.45) is 41.1. The summed E-state index contributed by atoms with van der Waals surface area (Å²) in [4.78, 5) is 37.3. The Hall–Kier alpha value is -2.63. The van der Waals surface area contributed by atoms with Gasteiger partial charge in [-0.25, -0.2) is 0 Å². The zero-order valence-electron chi connectivity index (χ0n) is 31.2. The van der Waals surface area contributed by atoms with E-state index in [4.69, 9.17) is 14.2 Å². The quantitative estimate of drug-likeness (QED) is 0.0293. The monoisotopic (exact) mass is 673 g/mol. The van der Waals surface area contributed by atoms with Gasteiger partial charge in [-0.2, -0.15) is 0 Å². The minimum atomic E-state index is -0.780. The van der Waals surface area contributed by atoms with Crippen molar-refractivity contribution in [2.24, 2.45) is 0 Å². The van der Waals surface area contributed by atoms with Gasteiger partial charge in [0.1, 0.15) is 13.2 Å². The Morgan fingerprint density at radius 1 is 0.438 bits per heavy atom. The molecule has 0 rings (SSSR count). The molecule has 0 heterocycles. The van der Waals surface area contributed by atoms with Gasteiger partial charge in [-0.3, -0.25) is 14.4 Å². The van der Waals surface area contributed by atoms with Crippen molar-refractivity contribution >= 4 is 17.9 Å². The normalized spacial score (nSPS) is 12.5. The number of esters is 3. The average molecular weight is 673 g/mol. The van der Waals surface area contributed by atoms with E-state index in [9.17, 15) is 14.4 Å². The minimum absolute atomic E-state index is 0.0857. The Kier molecular flexibility index (Phi) is 35.2. The van der Waals surface area contributed by atoms with Gasteiger partial charge < -0.3 is 14.2 Å². The smallest absolute Gasteiger partial charge is 0.306 e. The molecule has 0 aromatic rings. The van der Waals surface area contributed by atoms with E-state index < -0.39 is 6.10 Å². The Balaban J connectivity index is 4.38. The third-order valence-corrected chi connectivity index (χ3v) is 8.10. The van der Waals surface area contributed by atoms with Crippen LogP contribution in [0.1, 0.15) is 181 Å². The molecule has 0 amide bonds. The summed E-state index contributed by atoms with van der Waals surface area (Å²) in [7, 11) is 0. The zero-order chi connectivity index (χ0) is 35.2. The van der Waals surface area contributed by atoms with Gasteiger partial charge in [-0.05, 0) is 57.8 Å². The van der Waals surface area contributed by atoms with E-state index in [-0.39, 0.29) is 31.1 Å². The standard InChI is InChI=1S/C42H72O6/c1-4-7-10-13-16-18-19-20-21-22-23-24-27-29-32-35-41(44)47-38-39(37-46-40(43)34-31-28-25-15-12-9-6-3)48-42(45)36-33-30-26-17-14-11-8-5-2/h7,10,16,18,20-21,23-24,39H,4-6,8-9,11-15,17,19,22,25-38H2,1-3H3/b10-7-,18-16-,21-20-,24-23-. The molecule has 1 atom stereocenters. The molecule has 48 heavy (non-hydrogen) atoms. The second-order valence-electron chi connectivity index (χ2n) is 12.8. The molecule has 0 aliphatic carbocycles. The molecule has 276 valence electrons. The summed E-state index contributed by atoms with van der Waals surface area (Å²) < 4.78 is 16.5. The number of hydrogen-bond donors (Lipinski definition) is 0. The van der Waals surface area contributed by atoms with Crippen molar-refractivity contribution in [2.45, 2.75) is 187 Å². The van der Waals surface area contributed by atoms with E-state index in [0.717, 1.165) is 83.5 Å². The summed E-state index contributed by atoms with van der Waals surface area (Å²) in [5.41, 5.74) is 0. The SMILES string of the molecule is CC/C=C\C/C=C\C/C=C\C/C=C\CCCCC(=O)OCC(COC(=O)CCCCCCCCC)OC(=O)CCCCCCCCCC. The highest BCUT2D eigenvalue weighted by molar-refractivity contribution is 5.71. The van der Waals surface area contributed by atoms with Gasteiger partial charge in [0.15, 0.2) is 6.10 Å². The molecule has 0 aromatic carbocycles. The number of hydrogen-bond acceptors (Lipinski definition) is 6. The molecule has 6 heteroatoms. The average Bonchev–Trinajstić information content (AvgIpc) is 3.08. The van der Waals surface area contributed by atoms with Crippen LogP contribution in [0.15, 0.2) is 48.6 Å². The molecule has 0 N–H and O–H groups in total. The van der Waals surface area contributed by atoms with Gasteiger partial charge in [0.25, 0.3) is 0 Å². The van der Waals surface area contributed by atoms with E-state index in [2.05, 4.69) is 69.4 Å². The van der Waals surface area contributed by atoms with Crippen LogP contribution in [0.2, 0.25) is 0 Å². The van der Waals surface area contributed by atoms with Gasteiger partial charge in [0, 0.05) is 19.3 Å². The number of ether oxygens (including phenoxy) is 3. The lowest BCUT2D eigenvalue weighted by Gasteiger charge is -2.18. The van der Waals surface area contributed by atoms with Gasteiger partial charge in [-0.1, -0.05) is 153 Å². The number of allylic oxidation sites excluding steroid dienone is 8. The molecule has 1 unspecified atom stereocenters. The molecule has 0 fully saturated rings. The lowest BCUT2D eigenvalue weighted by Crippen LogP contribution is -2.30. The fourth-order valence-corrected chi connectivity index (χ4v) is 5.14. The lowest BCUT2D eigenvalue weighted by atomic mass is 10.1. The van der Waals surface area contributed by atoms with Crippen LogP contribution in [0.3, 0.4) is 0 Å². The number of rotatable bonds is 34. The number of unbranched alkanes of at least 4 members (excludes halogenated alkanes) is 15. The van der Waals surface area contributed by atoms with Gasteiger partial charge >= 0.3 is 17.9 Å². The van der Waals surface area contributed by atoms with Gasteiger partial charge in [0.05, 0.1) is 0 Å². The van der Waals surface area contributed by atoms with E-state index in [1.807, 2.05) is 0 Å². The van der Waals surface area contributed by atoms with Crippen LogP contribution in [0, 0.1) is 0 Å². The largest absolute Gasteiger partial charge is 0.462 e. The van der Waals surface area contributed by atoms with E-state index >= 15 is 0 Å². The molecule has 0 spiro atoms. The Morgan fingerprint density at radius 2 is 0.812 bits per heavy atom. The van der Waals surface area contributed by atoms with Gasteiger partial charge in [0.2, 0.25) is 0 Å². The second-order valence-corrected chi connectivity index (χ2v) is 12.8. The third kappa shape index (κ3) is 34.7. The van der Waals surface area contributed by atoms with Crippen LogP contribution < -0.4 is 0 Å². The first-order valence-corrected chi connectivity index (χ1v) is 19.6. The summed E-state index contributed by atoms with van der Waals surface area (Å²) >= 11 is 0. The molecule has 0 bridgehead atoms. The van der Waals surface area contributed by atoms with E-state index in [1.165, 1.54) is 57.8 Å². The summed E-state index contributed by atoms with van der Waals surface area (Å²) in [6, 6.07) is 0. The first-order chi connectivity index (χ1) is 23.5.